The number of rotatable bonds is 6. The first kappa shape index (κ1) is 12.6. The second kappa shape index (κ2) is 6.13. The average Bonchev–Trinajstić information content (AvgIpc) is 2.03. The van der Waals surface area contributed by atoms with E-state index < -0.39 is 12.2 Å². The summed E-state index contributed by atoms with van der Waals surface area (Å²) >= 11 is 0. The van der Waals surface area contributed by atoms with Gasteiger partial charge in [0.25, 0.3) is 0 Å². The van der Waals surface area contributed by atoms with Gasteiger partial charge in [0.15, 0.2) is 0 Å². The maximum Gasteiger partial charge on any atom is 0.0795 e. The molecular weight excluding hydrogens is 168 g/mol. The van der Waals surface area contributed by atoms with Crippen LogP contribution >= 0.6 is 0 Å². The van der Waals surface area contributed by atoms with Crippen molar-refractivity contribution in [1.82, 2.24) is 0 Å². The third kappa shape index (κ3) is 5.80. The van der Waals surface area contributed by atoms with Crippen molar-refractivity contribution < 1.29 is 15.3 Å². The minimum atomic E-state index is -0.813. The Morgan fingerprint density at radius 1 is 1.23 bits per heavy atom. The minimum absolute atomic E-state index is 0.230. The van der Waals surface area contributed by atoms with E-state index in [2.05, 4.69) is 6.58 Å². The van der Waals surface area contributed by atoms with E-state index in [1.807, 2.05) is 13.8 Å². The molecule has 0 saturated carbocycles. The average molecular weight is 188 g/mol. The van der Waals surface area contributed by atoms with E-state index in [0.717, 1.165) is 5.57 Å². The van der Waals surface area contributed by atoms with Crippen LogP contribution in [-0.2, 0) is 0 Å². The van der Waals surface area contributed by atoms with Crippen molar-refractivity contribution in [3.8, 4) is 0 Å². The standard InChI is InChI=1S/C10H20O3/c1-7(2)8(3)4-9(12)5-10(13)6-11/h8-13H,1,4-6H2,2-3H3/t8-,9-,10+/m1/s1. The molecule has 0 radical (unpaired) electrons. The largest absolute Gasteiger partial charge is 0.394 e. The maximum atomic E-state index is 9.46. The fourth-order valence-corrected chi connectivity index (χ4v) is 1.09. The van der Waals surface area contributed by atoms with Crippen LogP contribution < -0.4 is 0 Å². The van der Waals surface area contributed by atoms with Crippen molar-refractivity contribution in [1.29, 1.82) is 0 Å². The van der Waals surface area contributed by atoms with Crippen molar-refractivity contribution in [3.05, 3.63) is 12.2 Å². The molecule has 0 fully saturated rings. The first-order valence-corrected chi connectivity index (χ1v) is 4.59. The molecule has 0 aliphatic heterocycles. The van der Waals surface area contributed by atoms with Crippen LogP contribution in [0.25, 0.3) is 0 Å². The molecule has 3 N–H and O–H groups in total. The number of hydrogen-bond acceptors (Lipinski definition) is 3. The first-order valence-electron chi connectivity index (χ1n) is 4.59. The molecule has 0 unspecified atom stereocenters. The summed E-state index contributed by atoms with van der Waals surface area (Å²) < 4.78 is 0. The van der Waals surface area contributed by atoms with Gasteiger partial charge < -0.3 is 15.3 Å². The molecule has 0 aliphatic carbocycles. The Bertz CT molecular complexity index is 156. The molecule has 13 heavy (non-hydrogen) atoms. The van der Waals surface area contributed by atoms with Crippen molar-refractivity contribution in [2.75, 3.05) is 6.61 Å². The molecular formula is C10H20O3. The van der Waals surface area contributed by atoms with Crippen LogP contribution in [0.15, 0.2) is 12.2 Å². The van der Waals surface area contributed by atoms with Gasteiger partial charge in [-0.25, -0.2) is 0 Å². The summed E-state index contributed by atoms with van der Waals surface area (Å²) in [5.74, 6) is 0.251. The van der Waals surface area contributed by atoms with E-state index in [9.17, 15) is 5.11 Å². The van der Waals surface area contributed by atoms with E-state index in [0.29, 0.717) is 6.42 Å². The van der Waals surface area contributed by atoms with Crippen molar-refractivity contribution in [2.24, 2.45) is 5.92 Å². The summed E-state index contributed by atoms with van der Waals surface area (Å²) in [7, 11) is 0. The minimum Gasteiger partial charge on any atom is -0.394 e. The maximum absolute atomic E-state index is 9.46. The lowest BCUT2D eigenvalue weighted by atomic mass is 9.95. The van der Waals surface area contributed by atoms with Gasteiger partial charge in [0.1, 0.15) is 0 Å². The van der Waals surface area contributed by atoms with Gasteiger partial charge in [-0.2, -0.15) is 0 Å². The van der Waals surface area contributed by atoms with Gasteiger partial charge in [0.2, 0.25) is 0 Å². The lowest BCUT2D eigenvalue weighted by Gasteiger charge is -2.18. The van der Waals surface area contributed by atoms with Crippen LogP contribution in [0.5, 0.6) is 0 Å². The second-order valence-corrected chi connectivity index (χ2v) is 3.71. The Balaban J connectivity index is 3.73. The third-order valence-corrected chi connectivity index (χ3v) is 2.22. The molecule has 0 saturated heterocycles. The molecule has 3 nitrogen and oxygen atoms in total. The molecule has 0 aliphatic rings. The topological polar surface area (TPSA) is 60.7 Å². The monoisotopic (exact) mass is 188 g/mol. The molecule has 0 rings (SSSR count). The summed E-state index contributed by atoms with van der Waals surface area (Å²) in [4.78, 5) is 0. The van der Waals surface area contributed by atoms with Gasteiger partial charge >= 0.3 is 0 Å². The summed E-state index contributed by atoms with van der Waals surface area (Å²) in [5, 5.41) is 27.1. The highest BCUT2D eigenvalue weighted by atomic mass is 16.3. The SMILES string of the molecule is C=C(C)[C@H](C)C[C@@H](O)C[C@H](O)CO. The van der Waals surface area contributed by atoms with Crippen LogP contribution in [0.4, 0.5) is 0 Å². The predicted octanol–water partition coefficient (Wildman–Crippen LogP) is 0.693. The molecule has 0 aromatic heterocycles. The zero-order valence-electron chi connectivity index (χ0n) is 8.40. The molecule has 0 spiro atoms. The quantitative estimate of drug-likeness (QED) is 0.537. The van der Waals surface area contributed by atoms with Gasteiger partial charge in [0, 0.05) is 6.42 Å². The van der Waals surface area contributed by atoms with Crippen LogP contribution in [-0.4, -0.2) is 34.1 Å². The lowest BCUT2D eigenvalue weighted by Crippen LogP contribution is -2.22. The van der Waals surface area contributed by atoms with Gasteiger partial charge in [-0.15, -0.1) is 0 Å². The van der Waals surface area contributed by atoms with Crippen molar-refractivity contribution in [2.45, 2.75) is 38.9 Å². The zero-order valence-corrected chi connectivity index (χ0v) is 8.40. The zero-order chi connectivity index (χ0) is 10.4. The molecule has 0 aromatic rings. The Morgan fingerprint density at radius 2 is 1.77 bits per heavy atom. The Labute approximate surface area is 79.7 Å². The number of aliphatic hydroxyl groups excluding tert-OH is 3. The smallest absolute Gasteiger partial charge is 0.0795 e. The number of hydrogen-bond donors (Lipinski definition) is 3. The summed E-state index contributed by atoms with van der Waals surface area (Å²) in [6.45, 7) is 7.39. The summed E-state index contributed by atoms with van der Waals surface area (Å²) in [6.07, 6.45) is -0.554. The van der Waals surface area contributed by atoms with E-state index in [-0.39, 0.29) is 18.9 Å². The van der Waals surface area contributed by atoms with Crippen LogP contribution in [0.3, 0.4) is 0 Å². The highest BCUT2D eigenvalue weighted by molar-refractivity contribution is 4.94. The molecule has 3 atom stereocenters. The van der Waals surface area contributed by atoms with Crippen LogP contribution in [0.1, 0.15) is 26.7 Å². The fraction of sp³-hybridized carbons (Fsp3) is 0.800. The lowest BCUT2D eigenvalue weighted by molar-refractivity contribution is 0.0353. The Hall–Kier alpha value is -0.380. The van der Waals surface area contributed by atoms with E-state index in [4.69, 9.17) is 10.2 Å². The van der Waals surface area contributed by atoms with Gasteiger partial charge in [0.05, 0.1) is 18.8 Å². The van der Waals surface area contributed by atoms with Gasteiger partial charge in [-0.3, -0.25) is 0 Å². The Morgan fingerprint density at radius 3 is 2.15 bits per heavy atom. The van der Waals surface area contributed by atoms with Gasteiger partial charge in [-0.05, 0) is 19.3 Å². The summed E-state index contributed by atoms with van der Waals surface area (Å²) in [6, 6.07) is 0. The van der Waals surface area contributed by atoms with E-state index >= 15 is 0 Å². The summed E-state index contributed by atoms with van der Waals surface area (Å²) in [5.41, 5.74) is 1.03. The van der Waals surface area contributed by atoms with E-state index in [1.54, 1.807) is 0 Å². The highest BCUT2D eigenvalue weighted by Gasteiger charge is 2.14. The number of aliphatic hydroxyl groups is 3. The molecule has 78 valence electrons. The first-order chi connectivity index (χ1) is 5.97. The van der Waals surface area contributed by atoms with E-state index in [1.165, 1.54) is 0 Å². The second-order valence-electron chi connectivity index (χ2n) is 3.71. The van der Waals surface area contributed by atoms with Crippen molar-refractivity contribution >= 4 is 0 Å². The third-order valence-electron chi connectivity index (χ3n) is 2.22. The fourth-order valence-electron chi connectivity index (χ4n) is 1.09. The van der Waals surface area contributed by atoms with Crippen molar-refractivity contribution in [3.63, 3.8) is 0 Å². The normalized spacial score (nSPS) is 17.9. The molecule has 0 bridgehead atoms. The highest BCUT2D eigenvalue weighted by Crippen LogP contribution is 2.16. The Kier molecular flexibility index (Phi) is 5.95. The molecule has 0 aromatic carbocycles. The molecule has 0 heterocycles. The number of allylic oxidation sites excluding steroid dienone is 1. The van der Waals surface area contributed by atoms with Crippen LogP contribution in [0, 0.1) is 5.92 Å². The van der Waals surface area contributed by atoms with Crippen LogP contribution in [0.2, 0.25) is 0 Å². The molecule has 0 amide bonds. The van der Waals surface area contributed by atoms with Gasteiger partial charge in [-0.1, -0.05) is 19.1 Å². The predicted molar refractivity (Wildman–Crippen MR) is 52.3 cm³/mol. The molecule has 3 heteroatoms.